The molecular formula is C20H25N5O5S. The number of ether oxygens (including phenoxy) is 1. The molecule has 0 bridgehead atoms. The first-order valence-corrected chi connectivity index (χ1v) is 10.0. The molecule has 1 unspecified atom stereocenters. The predicted molar refractivity (Wildman–Crippen MR) is 119 cm³/mol. The van der Waals surface area contributed by atoms with Crippen molar-refractivity contribution in [3.05, 3.63) is 42.5 Å². The number of thiol groups is 1. The number of aromatic nitrogens is 1. The van der Waals surface area contributed by atoms with E-state index < -0.39 is 36.9 Å². The first-order chi connectivity index (χ1) is 14.8. The lowest BCUT2D eigenvalue weighted by atomic mass is 10.1. The van der Waals surface area contributed by atoms with Crippen molar-refractivity contribution in [2.45, 2.75) is 18.5 Å². The van der Waals surface area contributed by atoms with Gasteiger partial charge in [-0.3, -0.25) is 9.59 Å². The van der Waals surface area contributed by atoms with Crippen LogP contribution in [0.1, 0.15) is 6.42 Å². The van der Waals surface area contributed by atoms with Crippen LogP contribution in [0.15, 0.2) is 42.5 Å². The van der Waals surface area contributed by atoms with Crippen LogP contribution < -0.4 is 26.8 Å². The second-order valence-electron chi connectivity index (χ2n) is 6.66. The van der Waals surface area contributed by atoms with E-state index >= 15 is 0 Å². The highest BCUT2D eigenvalue weighted by Gasteiger charge is 2.22. The van der Waals surface area contributed by atoms with Gasteiger partial charge in [-0.15, -0.1) is 0 Å². The molecule has 2 atom stereocenters. The predicted octanol–water partition coefficient (Wildman–Crippen LogP) is 0.241. The van der Waals surface area contributed by atoms with E-state index in [4.69, 9.17) is 21.3 Å². The first kappa shape index (κ1) is 24.0. The molecule has 7 N–H and O–H groups in total. The van der Waals surface area contributed by atoms with Gasteiger partial charge in [0.2, 0.25) is 11.8 Å². The van der Waals surface area contributed by atoms with Crippen molar-refractivity contribution in [2.24, 2.45) is 11.5 Å². The van der Waals surface area contributed by atoms with Crippen LogP contribution in [0.25, 0.3) is 11.3 Å². The Morgan fingerprint density at radius 1 is 1.16 bits per heavy atom. The van der Waals surface area contributed by atoms with Gasteiger partial charge in [0.25, 0.3) is 5.91 Å². The topological polar surface area (TPSA) is 170 Å². The summed E-state index contributed by atoms with van der Waals surface area (Å²) in [5.41, 5.74) is 12.9. The highest BCUT2D eigenvalue weighted by Crippen LogP contribution is 2.27. The fourth-order valence-corrected chi connectivity index (χ4v) is 2.66. The molecule has 0 saturated carbocycles. The number of primary amides is 1. The zero-order valence-electron chi connectivity index (χ0n) is 16.7. The SMILES string of the molecule is NC(=O)C[C@H](NC(=O)COc1nc(-c2ccccc2)ccc1NCC(N)CS)C(=O)O. The van der Waals surface area contributed by atoms with Crippen molar-refractivity contribution in [1.82, 2.24) is 10.3 Å². The lowest BCUT2D eigenvalue weighted by Gasteiger charge is -2.17. The fourth-order valence-electron chi connectivity index (χ4n) is 2.53. The zero-order valence-corrected chi connectivity index (χ0v) is 17.5. The summed E-state index contributed by atoms with van der Waals surface area (Å²) in [4.78, 5) is 38.8. The number of carbonyl (C=O) groups excluding carboxylic acids is 2. The molecule has 0 aliphatic rings. The van der Waals surface area contributed by atoms with Gasteiger partial charge < -0.3 is 31.9 Å². The molecule has 0 aliphatic heterocycles. The van der Waals surface area contributed by atoms with Crippen LogP contribution in [0.5, 0.6) is 5.88 Å². The van der Waals surface area contributed by atoms with Crippen molar-refractivity contribution >= 4 is 36.1 Å². The average molecular weight is 448 g/mol. The second kappa shape index (κ2) is 11.8. The number of anilines is 1. The van der Waals surface area contributed by atoms with Crippen molar-refractivity contribution in [2.75, 3.05) is 24.2 Å². The van der Waals surface area contributed by atoms with Gasteiger partial charge >= 0.3 is 5.97 Å². The Kier molecular flexibility index (Phi) is 9.10. The van der Waals surface area contributed by atoms with E-state index in [1.54, 1.807) is 12.1 Å². The zero-order chi connectivity index (χ0) is 22.8. The second-order valence-corrected chi connectivity index (χ2v) is 7.02. The van der Waals surface area contributed by atoms with Crippen molar-refractivity contribution < 1.29 is 24.2 Å². The lowest BCUT2D eigenvalue weighted by molar-refractivity contribution is -0.143. The normalized spacial score (nSPS) is 12.5. The number of nitrogens with one attached hydrogen (secondary N) is 2. The van der Waals surface area contributed by atoms with E-state index in [0.29, 0.717) is 23.7 Å². The Balaban J connectivity index is 2.15. The largest absolute Gasteiger partial charge is 0.480 e. The highest BCUT2D eigenvalue weighted by atomic mass is 32.1. The molecule has 0 aliphatic carbocycles. The molecule has 1 heterocycles. The standard InChI is InChI=1S/C20H25N5O5S/c21-13(11-31)9-23-15-7-6-14(12-4-2-1-3-5-12)25-19(15)30-10-18(27)24-16(20(28)29)8-17(22)26/h1-7,13,16,23,31H,8-11,21H2,(H2,22,26)(H,24,27)(H,28,29)/t13?,16-/m0/s1. The average Bonchev–Trinajstić information content (AvgIpc) is 2.76. The van der Waals surface area contributed by atoms with Crippen molar-refractivity contribution in [1.29, 1.82) is 0 Å². The molecule has 1 aromatic carbocycles. The fraction of sp³-hybridized carbons (Fsp3) is 0.300. The molecule has 0 fully saturated rings. The summed E-state index contributed by atoms with van der Waals surface area (Å²) in [6.45, 7) is -0.112. The summed E-state index contributed by atoms with van der Waals surface area (Å²) in [5, 5.41) is 14.4. The Hall–Kier alpha value is -3.31. The maximum atomic E-state index is 12.2. The number of carboxylic acids is 1. The number of amides is 2. The molecule has 2 rings (SSSR count). The van der Waals surface area contributed by atoms with Crippen LogP contribution >= 0.6 is 12.6 Å². The molecular weight excluding hydrogens is 422 g/mol. The molecule has 2 amide bonds. The number of carboxylic acid groups (broad SMARTS) is 1. The van der Waals surface area contributed by atoms with Crippen molar-refractivity contribution in [3.8, 4) is 17.1 Å². The van der Waals surface area contributed by atoms with Gasteiger partial charge in [-0.25, -0.2) is 9.78 Å². The van der Waals surface area contributed by atoms with Crippen molar-refractivity contribution in [3.63, 3.8) is 0 Å². The summed E-state index contributed by atoms with van der Waals surface area (Å²) in [5.74, 6) is -2.35. The third-order valence-electron chi connectivity index (χ3n) is 4.10. The Labute approximate surface area is 184 Å². The van der Waals surface area contributed by atoms with Gasteiger partial charge in [0.15, 0.2) is 6.61 Å². The molecule has 1 aromatic heterocycles. The Morgan fingerprint density at radius 3 is 2.48 bits per heavy atom. The molecule has 31 heavy (non-hydrogen) atoms. The molecule has 0 radical (unpaired) electrons. The van der Waals surface area contributed by atoms with Gasteiger partial charge in [0.05, 0.1) is 17.8 Å². The van der Waals surface area contributed by atoms with Crippen LogP contribution in [0.2, 0.25) is 0 Å². The maximum absolute atomic E-state index is 12.2. The number of nitrogens with two attached hydrogens (primary N) is 2. The summed E-state index contributed by atoms with van der Waals surface area (Å²) >= 11 is 4.15. The van der Waals surface area contributed by atoms with Crippen LogP contribution in [-0.2, 0) is 14.4 Å². The van der Waals surface area contributed by atoms with E-state index in [1.807, 2.05) is 30.3 Å². The van der Waals surface area contributed by atoms with Crippen LogP contribution in [0, 0.1) is 0 Å². The Morgan fingerprint density at radius 2 is 1.87 bits per heavy atom. The quantitative estimate of drug-likeness (QED) is 0.251. The van der Waals surface area contributed by atoms with Crippen LogP contribution in [-0.4, -0.2) is 58.9 Å². The van der Waals surface area contributed by atoms with E-state index in [2.05, 4.69) is 28.2 Å². The number of pyridine rings is 1. The molecule has 166 valence electrons. The summed E-state index contributed by atoms with van der Waals surface area (Å²) in [7, 11) is 0. The summed E-state index contributed by atoms with van der Waals surface area (Å²) in [6, 6.07) is 11.3. The maximum Gasteiger partial charge on any atom is 0.326 e. The van der Waals surface area contributed by atoms with E-state index in [1.165, 1.54) is 0 Å². The van der Waals surface area contributed by atoms with E-state index in [9.17, 15) is 14.4 Å². The third-order valence-corrected chi connectivity index (χ3v) is 4.57. The molecule has 0 saturated heterocycles. The summed E-state index contributed by atoms with van der Waals surface area (Å²) in [6.07, 6.45) is -0.531. The highest BCUT2D eigenvalue weighted by molar-refractivity contribution is 7.80. The van der Waals surface area contributed by atoms with Gasteiger partial charge in [-0.1, -0.05) is 30.3 Å². The number of aliphatic carboxylic acids is 1. The smallest absolute Gasteiger partial charge is 0.326 e. The number of hydrogen-bond donors (Lipinski definition) is 6. The monoisotopic (exact) mass is 447 g/mol. The number of rotatable bonds is 12. The minimum absolute atomic E-state index is 0.143. The minimum atomic E-state index is -1.44. The van der Waals surface area contributed by atoms with Gasteiger partial charge in [-0.2, -0.15) is 12.6 Å². The molecule has 11 heteroatoms. The Bertz CT molecular complexity index is 912. The van der Waals surface area contributed by atoms with Gasteiger partial charge in [0.1, 0.15) is 6.04 Å². The molecule has 10 nitrogen and oxygen atoms in total. The van der Waals surface area contributed by atoms with E-state index in [0.717, 1.165) is 5.56 Å². The number of benzene rings is 1. The van der Waals surface area contributed by atoms with E-state index in [-0.39, 0.29) is 11.9 Å². The molecule has 0 spiro atoms. The number of nitrogens with zero attached hydrogens (tertiary/aromatic N) is 1. The minimum Gasteiger partial charge on any atom is -0.480 e. The van der Waals surface area contributed by atoms with Gasteiger partial charge in [0, 0.05) is 23.9 Å². The van der Waals surface area contributed by atoms with Gasteiger partial charge in [-0.05, 0) is 12.1 Å². The van der Waals surface area contributed by atoms with Crippen LogP contribution in [0.4, 0.5) is 5.69 Å². The first-order valence-electron chi connectivity index (χ1n) is 9.40. The summed E-state index contributed by atoms with van der Waals surface area (Å²) < 4.78 is 5.56. The third kappa shape index (κ3) is 7.79. The number of carbonyl (C=O) groups is 3. The van der Waals surface area contributed by atoms with Crippen LogP contribution in [0.3, 0.4) is 0 Å². The lowest BCUT2D eigenvalue weighted by Crippen LogP contribution is -2.45. The number of hydrogen-bond acceptors (Lipinski definition) is 8. The molecule has 2 aromatic rings.